The molecule has 0 aliphatic heterocycles. The molecule has 7 heteroatoms. The minimum atomic E-state index is -4.79. The average molecular weight is 316 g/mol. The Balaban J connectivity index is 3.03. The number of nitrogens with two attached hydrogens (primary N) is 1. The summed E-state index contributed by atoms with van der Waals surface area (Å²) < 4.78 is 52.9. The smallest absolute Gasteiger partial charge is 0.405 e. The Labute approximate surface area is 104 Å². The average Bonchev–Trinajstić information content (AvgIpc) is 2.19. The molecule has 0 unspecified atom stereocenters. The van der Waals surface area contributed by atoms with Gasteiger partial charge in [-0.05, 0) is 24.6 Å². The number of rotatable bonds is 4. The van der Waals surface area contributed by atoms with Gasteiger partial charge in [-0.15, -0.1) is 13.2 Å². The van der Waals surface area contributed by atoms with Crippen LogP contribution in [-0.2, 0) is 0 Å². The first-order chi connectivity index (χ1) is 7.83. The number of alkyl halides is 4. The molecule has 0 saturated carbocycles. The van der Waals surface area contributed by atoms with Gasteiger partial charge in [-0.2, -0.15) is 0 Å². The third-order valence-electron chi connectivity index (χ3n) is 2.02. The Morgan fingerprint density at radius 3 is 2.53 bits per heavy atom. The van der Waals surface area contributed by atoms with E-state index in [2.05, 4.69) is 20.7 Å². The summed E-state index contributed by atoms with van der Waals surface area (Å²) in [6.45, 7) is -0.709. The predicted octanol–water partition coefficient (Wildman–Crippen LogP) is 3.71. The molecule has 0 bridgehead atoms. The summed E-state index contributed by atoms with van der Waals surface area (Å²) >= 11 is 3.11. The van der Waals surface area contributed by atoms with Crippen molar-refractivity contribution in [2.24, 2.45) is 5.73 Å². The van der Waals surface area contributed by atoms with Gasteiger partial charge < -0.3 is 10.5 Å². The maximum Gasteiger partial charge on any atom is 0.573 e. The second-order valence-corrected chi connectivity index (χ2v) is 4.23. The first kappa shape index (κ1) is 14.2. The van der Waals surface area contributed by atoms with Gasteiger partial charge in [-0.25, -0.2) is 0 Å². The van der Waals surface area contributed by atoms with E-state index in [4.69, 9.17) is 5.73 Å². The third kappa shape index (κ3) is 4.51. The van der Waals surface area contributed by atoms with E-state index in [-0.39, 0.29) is 12.0 Å². The monoisotopic (exact) mass is 315 g/mol. The first-order valence-electron chi connectivity index (χ1n) is 4.70. The van der Waals surface area contributed by atoms with Crippen LogP contribution in [0.2, 0.25) is 0 Å². The largest absolute Gasteiger partial charge is 0.573 e. The van der Waals surface area contributed by atoms with E-state index >= 15 is 0 Å². The van der Waals surface area contributed by atoms with Gasteiger partial charge in [0.1, 0.15) is 5.75 Å². The lowest BCUT2D eigenvalue weighted by Gasteiger charge is -2.17. The summed E-state index contributed by atoms with van der Waals surface area (Å²) in [6, 6.07) is 3.09. The Morgan fingerprint density at radius 1 is 1.35 bits per heavy atom. The molecule has 0 radical (unpaired) electrons. The molecule has 1 aromatic rings. The molecule has 0 fully saturated rings. The first-order valence-corrected chi connectivity index (χ1v) is 5.49. The molecule has 0 aliphatic rings. The van der Waals surface area contributed by atoms with Crippen LogP contribution < -0.4 is 10.5 Å². The molecule has 0 aromatic heterocycles. The molecule has 0 spiro atoms. The van der Waals surface area contributed by atoms with Gasteiger partial charge in [0, 0.05) is 16.1 Å². The fourth-order valence-corrected chi connectivity index (χ4v) is 1.68. The van der Waals surface area contributed by atoms with Crippen LogP contribution in [0.3, 0.4) is 0 Å². The lowest BCUT2D eigenvalue weighted by Crippen LogP contribution is -2.20. The number of ether oxygens (including phenoxy) is 1. The standard InChI is InChI=1S/C10H10BrF4NO/c11-6-1-2-9(17-10(13,14)15)7(5-6)8(16)3-4-12/h1-2,5,8H,3-4,16H2/t8-/m1/s1. The van der Waals surface area contributed by atoms with Gasteiger partial charge in [-0.1, -0.05) is 15.9 Å². The van der Waals surface area contributed by atoms with Crippen molar-refractivity contribution in [1.82, 2.24) is 0 Å². The molecule has 2 nitrogen and oxygen atoms in total. The quantitative estimate of drug-likeness (QED) is 0.860. The van der Waals surface area contributed by atoms with Crippen molar-refractivity contribution in [3.05, 3.63) is 28.2 Å². The highest BCUT2D eigenvalue weighted by Gasteiger charge is 2.32. The van der Waals surface area contributed by atoms with Gasteiger partial charge in [0.05, 0.1) is 6.67 Å². The van der Waals surface area contributed by atoms with Gasteiger partial charge in [0.15, 0.2) is 0 Å². The SMILES string of the molecule is N[C@H](CCF)c1cc(Br)ccc1OC(F)(F)F. The van der Waals surface area contributed by atoms with Crippen molar-refractivity contribution in [3.63, 3.8) is 0 Å². The Bertz CT molecular complexity index is 383. The van der Waals surface area contributed by atoms with E-state index in [1.807, 2.05) is 0 Å². The van der Waals surface area contributed by atoms with Gasteiger partial charge >= 0.3 is 6.36 Å². The van der Waals surface area contributed by atoms with Crippen molar-refractivity contribution in [3.8, 4) is 5.75 Å². The van der Waals surface area contributed by atoms with Crippen LogP contribution >= 0.6 is 15.9 Å². The van der Waals surface area contributed by atoms with Gasteiger partial charge in [0.2, 0.25) is 0 Å². The highest BCUT2D eigenvalue weighted by molar-refractivity contribution is 9.10. The molecule has 2 N–H and O–H groups in total. The van der Waals surface area contributed by atoms with Crippen LogP contribution in [0.1, 0.15) is 18.0 Å². The summed E-state index contributed by atoms with van der Waals surface area (Å²) in [7, 11) is 0. The van der Waals surface area contributed by atoms with Gasteiger partial charge in [0.25, 0.3) is 0 Å². The van der Waals surface area contributed by atoms with E-state index in [1.54, 1.807) is 0 Å². The summed E-state index contributed by atoms with van der Waals surface area (Å²) in [4.78, 5) is 0. The second kappa shape index (κ2) is 5.68. The highest BCUT2D eigenvalue weighted by Crippen LogP contribution is 2.32. The minimum absolute atomic E-state index is 0.0648. The van der Waals surface area contributed by atoms with E-state index < -0.39 is 24.8 Å². The zero-order valence-electron chi connectivity index (χ0n) is 8.60. The summed E-state index contributed by atoms with van der Waals surface area (Å²) in [5.41, 5.74) is 5.71. The number of benzene rings is 1. The molecule has 17 heavy (non-hydrogen) atoms. The lowest BCUT2D eigenvalue weighted by molar-refractivity contribution is -0.275. The van der Waals surface area contributed by atoms with Crippen molar-refractivity contribution in [1.29, 1.82) is 0 Å². The van der Waals surface area contributed by atoms with E-state index in [9.17, 15) is 17.6 Å². The Morgan fingerprint density at radius 2 is 2.00 bits per heavy atom. The zero-order chi connectivity index (χ0) is 13.1. The number of hydrogen-bond acceptors (Lipinski definition) is 2. The lowest BCUT2D eigenvalue weighted by atomic mass is 10.0. The van der Waals surface area contributed by atoms with Crippen molar-refractivity contribution in [2.45, 2.75) is 18.8 Å². The fraction of sp³-hybridized carbons (Fsp3) is 0.400. The Hall–Kier alpha value is -0.820. The maximum atomic E-state index is 12.1. The molecular formula is C10H10BrF4NO. The molecule has 96 valence electrons. The zero-order valence-corrected chi connectivity index (χ0v) is 10.2. The number of hydrogen-bond donors (Lipinski definition) is 1. The minimum Gasteiger partial charge on any atom is -0.405 e. The molecule has 0 heterocycles. The normalized spacial score (nSPS) is 13.5. The molecule has 1 rings (SSSR count). The van der Waals surface area contributed by atoms with E-state index in [0.717, 1.165) is 6.07 Å². The van der Waals surface area contributed by atoms with Crippen LogP contribution in [0.4, 0.5) is 17.6 Å². The Kier molecular flexibility index (Phi) is 4.76. The molecule has 1 aromatic carbocycles. The molecule has 1 atom stereocenters. The van der Waals surface area contributed by atoms with E-state index in [1.165, 1.54) is 12.1 Å². The van der Waals surface area contributed by atoms with Crippen molar-refractivity contribution in [2.75, 3.05) is 6.67 Å². The summed E-state index contributed by atoms with van der Waals surface area (Å²) in [6.07, 6.45) is -4.86. The molecule has 0 saturated heterocycles. The van der Waals surface area contributed by atoms with Crippen molar-refractivity contribution >= 4 is 15.9 Å². The third-order valence-corrected chi connectivity index (χ3v) is 2.51. The van der Waals surface area contributed by atoms with Crippen molar-refractivity contribution < 1.29 is 22.3 Å². The number of halogens is 5. The van der Waals surface area contributed by atoms with Crippen LogP contribution in [0, 0.1) is 0 Å². The van der Waals surface area contributed by atoms with Gasteiger partial charge in [-0.3, -0.25) is 4.39 Å². The molecular weight excluding hydrogens is 306 g/mol. The van der Waals surface area contributed by atoms with E-state index in [0.29, 0.717) is 4.47 Å². The second-order valence-electron chi connectivity index (χ2n) is 3.31. The summed E-state index contributed by atoms with van der Waals surface area (Å²) in [5.74, 6) is -0.401. The predicted molar refractivity (Wildman–Crippen MR) is 58.3 cm³/mol. The molecule has 0 aliphatic carbocycles. The topological polar surface area (TPSA) is 35.2 Å². The van der Waals surface area contributed by atoms with Crippen LogP contribution in [0.15, 0.2) is 22.7 Å². The van der Waals surface area contributed by atoms with Crippen LogP contribution in [-0.4, -0.2) is 13.0 Å². The fourth-order valence-electron chi connectivity index (χ4n) is 1.30. The van der Waals surface area contributed by atoms with Crippen LogP contribution in [0.25, 0.3) is 0 Å². The van der Waals surface area contributed by atoms with Crippen LogP contribution in [0.5, 0.6) is 5.75 Å². The molecule has 0 amide bonds. The summed E-state index contributed by atoms with van der Waals surface area (Å²) in [5, 5.41) is 0. The highest BCUT2D eigenvalue weighted by atomic mass is 79.9. The maximum absolute atomic E-state index is 12.1.